The van der Waals surface area contributed by atoms with Crippen LogP contribution in [-0.2, 0) is 49.4 Å². The van der Waals surface area contributed by atoms with Gasteiger partial charge in [0, 0.05) is 49.4 Å². The summed E-state index contributed by atoms with van der Waals surface area (Å²) in [5.41, 5.74) is 19.8. The second-order valence-electron chi connectivity index (χ2n) is 27.4. The molecule has 10 aromatic rings. The molecule has 0 aliphatic rings. The van der Waals surface area contributed by atoms with E-state index in [4.69, 9.17) is 0 Å². The van der Waals surface area contributed by atoms with Gasteiger partial charge in [-0.3, -0.25) is 0 Å². The van der Waals surface area contributed by atoms with E-state index in [9.17, 15) is 46.0 Å². The Balaban J connectivity index is 1.23. The highest BCUT2D eigenvalue weighted by atomic mass is 16.3. The van der Waals surface area contributed by atoms with Crippen LogP contribution in [0.5, 0.6) is 51.7 Å². The third kappa shape index (κ3) is 12.9. The number of phenolic OH excluding ortho intramolecular Hbond substituents is 9. The first kappa shape index (κ1) is 65.4. The Morgan fingerprint density at radius 1 is 0.207 bits per heavy atom. The van der Waals surface area contributed by atoms with Gasteiger partial charge in [-0.05, 0) is 218 Å². The highest BCUT2D eigenvalue weighted by Gasteiger charge is 2.36. The molecule has 9 N–H and O–H groups in total. The van der Waals surface area contributed by atoms with Crippen molar-refractivity contribution in [3.05, 3.63) is 295 Å². The third-order valence-electron chi connectivity index (χ3n) is 19.3. The molecule has 9 heteroatoms. The van der Waals surface area contributed by atoms with Crippen LogP contribution in [0.1, 0.15) is 182 Å². The third-order valence-corrected chi connectivity index (χ3v) is 19.3. The lowest BCUT2D eigenvalue weighted by atomic mass is 9.68. The van der Waals surface area contributed by atoms with Gasteiger partial charge in [0.05, 0.1) is 0 Å². The lowest BCUT2D eigenvalue weighted by Crippen LogP contribution is -2.27. The number of aryl methyl sites for hydroxylation is 12. The largest absolute Gasteiger partial charge is 0.507 e. The number of benzene rings is 10. The maximum Gasteiger partial charge on any atom is 0.122 e. The maximum absolute atomic E-state index is 12.7. The average Bonchev–Trinajstić information content (AvgIpc) is 0.744. The van der Waals surface area contributed by atoms with E-state index in [2.05, 4.69) is 45.0 Å². The quantitative estimate of drug-likeness (QED) is 0.0401. The zero-order valence-electron chi connectivity index (χ0n) is 56.0. The molecule has 10 aromatic carbocycles. The van der Waals surface area contributed by atoms with Crippen LogP contribution in [0.25, 0.3) is 0 Å². The van der Waals surface area contributed by atoms with E-state index < -0.39 is 10.8 Å². The van der Waals surface area contributed by atoms with E-state index in [1.807, 2.05) is 192 Å². The molecule has 0 atom stereocenters. The van der Waals surface area contributed by atoms with E-state index in [0.29, 0.717) is 89.0 Å². The SMILES string of the molecule is Cc1cc(C)c(O)c(Cc2cc(C(C)(C)c3ccc(C(C)(c4cc(Cc5cc(C)cc(C)c5O)c(O)c(Cc5cc(C)cc(C)c5O)c4)c4cc(Cc5cc(C)cc(C)c5O)c(O)c(Cc5cc(C)cc(C)c5O)c4)cc3)cc(Cc3cc(C)cc(C)c3O)c2O)c1. The molecule has 0 radical (unpaired) electrons. The van der Waals surface area contributed by atoms with Gasteiger partial charge in [0.15, 0.2) is 0 Å². The molecule has 0 unspecified atom stereocenters. The topological polar surface area (TPSA) is 182 Å². The van der Waals surface area contributed by atoms with Crippen LogP contribution in [0.3, 0.4) is 0 Å². The summed E-state index contributed by atoms with van der Waals surface area (Å²) in [5, 5.41) is 107. The van der Waals surface area contributed by atoms with Crippen molar-refractivity contribution in [2.24, 2.45) is 0 Å². The van der Waals surface area contributed by atoms with Crippen molar-refractivity contribution in [3.8, 4) is 51.7 Å². The van der Waals surface area contributed by atoms with Gasteiger partial charge in [0.1, 0.15) is 51.7 Å². The van der Waals surface area contributed by atoms with Gasteiger partial charge in [0.2, 0.25) is 0 Å². The first-order valence-electron chi connectivity index (χ1n) is 31.7. The van der Waals surface area contributed by atoms with E-state index in [-0.39, 0.29) is 90.3 Å². The molecule has 0 spiro atoms. The lowest BCUT2D eigenvalue weighted by Gasteiger charge is -2.35. The lowest BCUT2D eigenvalue weighted by molar-refractivity contribution is 0.452. The summed E-state index contributed by atoms with van der Waals surface area (Å²) in [6.45, 7) is 29.5. The minimum atomic E-state index is -1.14. The molecule has 474 valence electrons. The van der Waals surface area contributed by atoms with Crippen molar-refractivity contribution in [1.82, 2.24) is 0 Å². The second-order valence-corrected chi connectivity index (χ2v) is 27.4. The van der Waals surface area contributed by atoms with Crippen molar-refractivity contribution in [2.75, 3.05) is 0 Å². The van der Waals surface area contributed by atoms with Crippen LogP contribution < -0.4 is 0 Å². The molecule has 0 heterocycles. The van der Waals surface area contributed by atoms with Crippen LogP contribution in [0.4, 0.5) is 0 Å². The first-order valence-corrected chi connectivity index (χ1v) is 31.7. The van der Waals surface area contributed by atoms with E-state index in [1.165, 1.54) is 0 Å². The second kappa shape index (κ2) is 25.2. The highest BCUT2D eigenvalue weighted by Crippen LogP contribution is 2.48. The molecule has 0 amide bonds. The van der Waals surface area contributed by atoms with Gasteiger partial charge in [-0.2, -0.15) is 0 Å². The fourth-order valence-electron chi connectivity index (χ4n) is 14.2. The van der Waals surface area contributed by atoms with Crippen molar-refractivity contribution in [1.29, 1.82) is 0 Å². The molecule has 10 rings (SSSR count). The van der Waals surface area contributed by atoms with Crippen molar-refractivity contribution >= 4 is 0 Å². The number of rotatable bonds is 17. The molecule has 0 bridgehead atoms. The minimum Gasteiger partial charge on any atom is -0.507 e. The minimum absolute atomic E-state index is 0.0288. The normalized spacial score (nSPS) is 11.9. The summed E-state index contributed by atoms with van der Waals surface area (Å²) in [6.07, 6.45) is 1.15. The Bertz CT molecular complexity index is 4150. The molecule has 92 heavy (non-hydrogen) atoms. The molecule has 0 aliphatic heterocycles. The van der Waals surface area contributed by atoms with Crippen molar-refractivity contribution < 1.29 is 46.0 Å². The van der Waals surface area contributed by atoms with E-state index in [0.717, 1.165) is 72.3 Å². The van der Waals surface area contributed by atoms with Crippen molar-refractivity contribution in [2.45, 2.75) is 153 Å². The van der Waals surface area contributed by atoms with Gasteiger partial charge in [0.25, 0.3) is 0 Å². The standard InChI is InChI=1S/C83H88O9/c1-44-20-50(7)73(84)56(26-44)32-62-38-70(39-63(79(62)90)33-57-27-45(2)21-51(8)74(57)85)82(13,14)68-16-18-69(19-17-68)83(15,71-40-64(34-58-28-46(3)22-52(9)75(58)86)80(91)65(41-71)35-59-29-47(4)23-53(10)76(59)87)72-42-66(36-60-30-48(5)24-54(11)77(60)88)81(92)67(43-72)37-61-31-49(6)25-55(12)78(61)89/h16-31,38-43,84-92H,32-37H2,1-15H3. The Labute approximate surface area is 542 Å². The molecule has 9 nitrogen and oxygen atoms in total. The smallest absolute Gasteiger partial charge is 0.122 e. The molecular weight excluding hydrogens is 1140 g/mol. The van der Waals surface area contributed by atoms with Gasteiger partial charge >= 0.3 is 0 Å². The van der Waals surface area contributed by atoms with Crippen LogP contribution in [0.15, 0.2) is 133 Å². The summed E-state index contributed by atoms with van der Waals surface area (Å²) in [6, 6.07) is 43.8. The van der Waals surface area contributed by atoms with Gasteiger partial charge in [-0.15, -0.1) is 0 Å². The summed E-state index contributed by atoms with van der Waals surface area (Å²) in [7, 11) is 0. The summed E-state index contributed by atoms with van der Waals surface area (Å²) in [4.78, 5) is 0. The summed E-state index contributed by atoms with van der Waals surface area (Å²) in [5.74, 6) is 1.02. The van der Waals surface area contributed by atoms with Gasteiger partial charge < -0.3 is 46.0 Å². The average molecular weight is 1230 g/mol. The predicted molar refractivity (Wildman–Crippen MR) is 371 cm³/mol. The first-order chi connectivity index (χ1) is 43.3. The fraction of sp³-hybridized carbons (Fsp3) is 0.277. The van der Waals surface area contributed by atoms with Crippen LogP contribution in [0, 0.1) is 83.1 Å². The predicted octanol–water partition coefficient (Wildman–Crippen LogP) is 18.0. The van der Waals surface area contributed by atoms with Gasteiger partial charge in [-0.25, -0.2) is 0 Å². The number of aromatic hydroxyl groups is 9. The zero-order chi connectivity index (χ0) is 66.7. The highest BCUT2D eigenvalue weighted by molar-refractivity contribution is 5.64. The number of hydrogen-bond donors (Lipinski definition) is 9. The monoisotopic (exact) mass is 1230 g/mol. The van der Waals surface area contributed by atoms with E-state index >= 15 is 0 Å². The van der Waals surface area contributed by atoms with Crippen LogP contribution >= 0.6 is 0 Å². The zero-order valence-corrected chi connectivity index (χ0v) is 56.0. The Hall–Kier alpha value is -9.60. The molecular formula is C83H88O9. The summed E-state index contributed by atoms with van der Waals surface area (Å²) < 4.78 is 0. The molecule has 0 saturated carbocycles. The Morgan fingerprint density at radius 3 is 0.587 bits per heavy atom. The molecule has 0 aromatic heterocycles. The number of hydrogen-bond acceptors (Lipinski definition) is 9. The fourth-order valence-corrected chi connectivity index (χ4v) is 14.2. The number of phenols is 9. The van der Waals surface area contributed by atoms with Crippen molar-refractivity contribution in [3.63, 3.8) is 0 Å². The maximum atomic E-state index is 12.7. The molecule has 0 aliphatic carbocycles. The molecule has 0 fully saturated rings. The van der Waals surface area contributed by atoms with Gasteiger partial charge in [-0.1, -0.05) is 181 Å². The van der Waals surface area contributed by atoms with Crippen LogP contribution in [-0.4, -0.2) is 46.0 Å². The van der Waals surface area contributed by atoms with E-state index in [1.54, 1.807) is 0 Å². The Kier molecular flexibility index (Phi) is 17.9. The Morgan fingerprint density at radius 2 is 0.380 bits per heavy atom. The molecule has 0 saturated heterocycles. The van der Waals surface area contributed by atoms with Crippen LogP contribution in [0.2, 0.25) is 0 Å². The summed E-state index contributed by atoms with van der Waals surface area (Å²) >= 11 is 0.